The van der Waals surface area contributed by atoms with E-state index in [1.807, 2.05) is 44.2 Å². The van der Waals surface area contributed by atoms with Crippen molar-refractivity contribution >= 4 is 24.2 Å². The van der Waals surface area contributed by atoms with Crippen molar-refractivity contribution in [3.8, 4) is 0 Å². The molecular formula is C21H29N3O5. The fourth-order valence-electron chi connectivity index (χ4n) is 3.22. The van der Waals surface area contributed by atoms with E-state index in [9.17, 15) is 19.2 Å². The van der Waals surface area contributed by atoms with Crippen LogP contribution in [0.2, 0.25) is 0 Å². The second-order valence-electron chi connectivity index (χ2n) is 7.65. The number of alkyl carbamates (subject to hydrolysis) is 1. The molecule has 1 heterocycles. The van der Waals surface area contributed by atoms with Gasteiger partial charge in [-0.2, -0.15) is 0 Å². The molecule has 3 amide bonds. The number of carbonyl (C=O) groups excluding carboxylic acids is 4. The molecule has 2 unspecified atom stereocenters. The molecular weight excluding hydrogens is 374 g/mol. The fourth-order valence-corrected chi connectivity index (χ4v) is 3.22. The van der Waals surface area contributed by atoms with Gasteiger partial charge >= 0.3 is 6.09 Å². The highest BCUT2D eigenvalue weighted by atomic mass is 16.5. The molecule has 0 saturated carbocycles. The number of nitrogens with one attached hydrogen (secondary N) is 3. The monoisotopic (exact) mass is 403 g/mol. The van der Waals surface area contributed by atoms with Crippen LogP contribution in [-0.2, 0) is 25.7 Å². The van der Waals surface area contributed by atoms with Crippen molar-refractivity contribution in [3.05, 3.63) is 35.9 Å². The van der Waals surface area contributed by atoms with Gasteiger partial charge in [-0.25, -0.2) is 4.79 Å². The lowest BCUT2D eigenvalue weighted by Gasteiger charge is -2.23. The Morgan fingerprint density at radius 2 is 1.97 bits per heavy atom. The maximum Gasteiger partial charge on any atom is 0.408 e. The molecule has 2 rings (SSSR count). The van der Waals surface area contributed by atoms with Crippen molar-refractivity contribution in [2.24, 2.45) is 11.8 Å². The average Bonchev–Trinajstić information content (AvgIpc) is 3.10. The Balaban J connectivity index is 1.90. The third-order valence-corrected chi connectivity index (χ3v) is 4.72. The van der Waals surface area contributed by atoms with Crippen LogP contribution in [0, 0.1) is 11.8 Å². The van der Waals surface area contributed by atoms with Gasteiger partial charge in [-0.15, -0.1) is 0 Å². The van der Waals surface area contributed by atoms with Crippen LogP contribution in [0.3, 0.4) is 0 Å². The summed E-state index contributed by atoms with van der Waals surface area (Å²) in [6.45, 7) is 4.53. The Morgan fingerprint density at radius 3 is 2.55 bits per heavy atom. The second-order valence-corrected chi connectivity index (χ2v) is 7.65. The molecule has 1 aliphatic heterocycles. The first-order valence-electron chi connectivity index (χ1n) is 9.89. The van der Waals surface area contributed by atoms with E-state index in [-0.39, 0.29) is 30.8 Å². The Bertz CT molecular complexity index is 708. The van der Waals surface area contributed by atoms with Crippen LogP contribution in [0.5, 0.6) is 0 Å². The Labute approximate surface area is 170 Å². The average molecular weight is 403 g/mol. The quantitative estimate of drug-likeness (QED) is 0.513. The van der Waals surface area contributed by atoms with Crippen LogP contribution in [0.15, 0.2) is 30.3 Å². The van der Waals surface area contributed by atoms with E-state index in [2.05, 4.69) is 16.0 Å². The summed E-state index contributed by atoms with van der Waals surface area (Å²) in [5.41, 5.74) is 0.836. The van der Waals surface area contributed by atoms with Gasteiger partial charge in [-0.05, 0) is 30.7 Å². The largest absolute Gasteiger partial charge is 0.445 e. The molecule has 29 heavy (non-hydrogen) atoms. The molecule has 0 bridgehead atoms. The van der Waals surface area contributed by atoms with E-state index in [4.69, 9.17) is 4.74 Å². The molecule has 8 nitrogen and oxygen atoms in total. The molecule has 1 aromatic rings. The molecule has 0 radical (unpaired) electrons. The summed E-state index contributed by atoms with van der Waals surface area (Å²) >= 11 is 0. The number of hydrogen-bond acceptors (Lipinski definition) is 5. The van der Waals surface area contributed by atoms with Gasteiger partial charge < -0.3 is 25.5 Å². The first-order valence-corrected chi connectivity index (χ1v) is 9.89. The maximum atomic E-state index is 12.7. The number of carbonyl (C=O) groups is 4. The van der Waals surface area contributed by atoms with Crippen molar-refractivity contribution in [2.75, 3.05) is 6.54 Å². The number of ether oxygens (including phenoxy) is 1. The number of hydrogen-bond donors (Lipinski definition) is 3. The summed E-state index contributed by atoms with van der Waals surface area (Å²) in [6, 6.07) is 7.60. The molecule has 0 aliphatic carbocycles. The lowest BCUT2D eigenvalue weighted by atomic mass is 9.98. The predicted molar refractivity (Wildman–Crippen MR) is 107 cm³/mol. The van der Waals surface area contributed by atoms with E-state index in [1.54, 1.807) is 0 Å². The van der Waals surface area contributed by atoms with E-state index < -0.39 is 24.1 Å². The van der Waals surface area contributed by atoms with Crippen LogP contribution in [-0.4, -0.2) is 42.8 Å². The van der Waals surface area contributed by atoms with Gasteiger partial charge in [0.1, 0.15) is 18.9 Å². The SMILES string of the molecule is CC(C)CC(NC(=O)OCc1ccccc1)C(=O)N[C@H](C=O)CC1CCNC1=O. The zero-order chi connectivity index (χ0) is 21.2. The summed E-state index contributed by atoms with van der Waals surface area (Å²) in [5, 5.41) is 7.94. The highest BCUT2D eigenvalue weighted by molar-refractivity contribution is 5.88. The van der Waals surface area contributed by atoms with Gasteiger partial charge in [0, 0.05) is 12.5 Å². The smallest absolute Gasteiger partial charge is 0.408 e. The topological polar surface area (TPSA) is 114 Å². The Morgan fingerprint density at radius 1 is 1.24 bits per heavy atom. The van der Waals surface area contributed by atoms with Crippen molar-refractivity contribution < 1.29 is 23.9 Å². The normalized spacial score (nSPS) is 17.9. The first-order chi connectivity index (χ1) is 13.9. The lowest BCUT2D eigenvalue weighted by molar-refractivity contribution is -0.127. The van der Waals surface area contributed by atoms with E-state index in [0.29, 0.717) is 25.7 Å². The van der Waals surface area contributed by atoms with Crippen LogP contribution < -0.4 is 16.0 Å². The van der Waals surface area contributed by atoms with Gasteiger partial charge in [0.15, 0.2) is 0 Å². The summed E-state index contributed by atoms with van der Waals surface area (Å²) in [4.78, 5) is 47.9. The molecule has 0 aromatic heterocycles. The van der Waals surface area contributed by atoms with Crippen molar-refractivity contribution in [2.45, 2.75) is 51.8 Å². The molecule has 3 atom stereocenters. The Hall–Kier alpha value is -2.90. The summed E-state index contributed by atoms with van der Waals surface area (Å²) in [7, 11) is 0. The van der Waals surface area contributed by atoms with Gasteiger partial charge in [0.25, 0.3) is 0 Å². The Kier molecular flexibility index (Phi) is 8.64. The lowest BCUT2D eigenvalue weighted by Crippen LogP contribution is -2.51. The third kappa shape index (κ3) is 7.56. The van der Waals surface area contributed by atoms with Crippen LogP contribution >= 0.6 is 0 Å². The number of aldehydes is 1. The minimum absolute atomic E-state index is 0.0937. The predicted octanol–water partition coefficient (Wildman–Crippen LogP) is 1.54. The molecule has 158 valence electrons. The fraction of sp³-hybridized carbons (Fsp3) is 0.524. The van der Waals surface area contributed by atoms with Crippen LogP contribution in [0.1, 0.15) is 38.7 Å². The van der Waals surface area contributed by atoms with Gasteiger partial charge in [0.2, 0.25) is 11.8 Å². The third-order valence-electron chi connectivity index (χ3n) is 4.72. The number of amides is 3. The zero-order valence-corrected chi connectivity index (χ0v) is 16.9. The molecule has 1 aromatic carbocycles. The van der Waals surface area contributed by atoms with Crippen LogP contribution in [0.25, 0.3) is 0 Å². The standard InChI is InChI=1S/C21H29N3O5/c1-14(2)10-18(24-21(28)29-13-15-6-4-3-5-7-15)20(27)23-17(12-25)11-16-8-9-22-19(16)26/h3-7,12,14,16-18H,8-11,13H2,1-2H3,(H,22,26)(H,23,27)(H,24,28)/t16?,17-,18?/m0/s1. The van der Waals surface area contributed by atoms with Gasteiger partial charge in [-0.3, -0.25) is 9.59 Å². The van der Waals surface area contributed by atoms with E-state index in [1.165, 1.54) is 0 Å². The van der Waals surface area contributed by atoms with E-state index in [0.717, 1.165) is 5.56 Å². The molecule has 0 spiro atoms. The van der Waals surface area contributed by atoms with Gasteiger partial charge in [0.05, 0.1) is 6.04 Å². The van der Waals surface area contributed by atoms with Crippen molar-refractivity contribution in [1.82, 2.24) is 16.0 Å². The van der Waals surface area contributed by atoms with E-state index >= 15 is 0 Å². The van der Waals surface area contributed by atoms with Gasteiger partial charge in [-0.1, -0.05) is 44.2 Å². The molecule has 3 N–H and O–H groups in total. The second kappa shape index (κ2) is 11.2. The highest BCUT2D eigenvalue weighted by Gasteiger charge is 2.30. The molecule has 1 saturated heterocycles. The first kappa shape index (κ1) is 22.4. The minimum atomic E-state index is -0.835. The van der Waals surface area contributed by atoms with Crippen LogP contribution in [0.4, 0.5) is 4.79 Å². The minimum Gasteiger partial charge on any atom is -0.445 e. The van der Waals surface area contributed by atoms with Crippen molar-refractivity contribution in [1.29, 1.82) is 0 Å². The summed E-state index contributed by atoms with van der Waals surface area (Å²) in [5.74, 6) is -0.730. The molecule has 8 heteroatoms. The number of benzene rings is 1. The maximum absolute atomic E-state index is 12.7. The summed E-state index contributed by atoms with van der Waals surface area (Å²) in [6.07, 6.45) is 1.20. The zero-order valence-electron chi connectivity index (χ0n) is 16.9. The molecule has 1 aliphatic rings. The number of rotatable bonds is 10. The summed E-state index contributed by atoms with van der Waals surface area (Å²) < 4.78 is 5.19. The highest BCUT2D eigenvalue weighted by Crippen LogP contribution is 2.16. The molecule has 1 fully saturated rings. The van der Waals surface area contributed by atoms with Crippen molar-refractivity contribution in [3.63, 3.8) is 0 Å².